The molecular weight excluding hydrogens is 430 g/mol. The standard InChI is InChI=1S/C23H30F2N6O2/c1-26-7-9-31-19-17-18(16(25)12-27-20(17)32-10-6-22(31)4-5-22)28-21(29-19)33-14-23-3-2-8-30(23)13-15(24)11-23/h12,15,26H,2-11,13-14H2,1H3/t15-,23+/m1/s1. The first kappa shape index (κ1) is 21.2. The van der Waals surface area contributed by atoms with E-state index in [0.717, 1.165) is 57.9 Å². The first-order chi connectivity index (χ1) is 16.0. The normalized spacial score (nSPS) is 28.0. The minimum atomic E-state index is -0.838. The Hall–Kier alpha value is -2.33. The van der Waals surface area contributed by atoms with Crippen LogP contribution in [-0.2, 0) is 0 Å². The smallest absolute Gasteiger partial charge is 0.319 e. The predicted octanol–water partition coefficient (Wildman–Crippen LogP) is 2.46. The van der Waals surface area contributed by atoms with Crippen LogP contribution in [0.1, 0.15) is 38.5 Å². The lowest BCUT2D eigenvalue weighted by molar-refractivity contribution is 0.107. The third-order valence-electron chi connectivity index (χ3n) is 7.88. The molecule has 8 nitrogen and oxygen atoms in total. The van der Waals surface area contributed by atoms with Crippen LogP contribution in [0.3, 0.4) is 0 Å². The molecule has 33 heavy (non-hydrogen) atoms. The van der Waals surface area contributed by atoms with E-state index < -0.39 is 12.0 Å². The molecule has 1 N–H and O–H groups in total. The highest BCUT2D eigenvalue weighted by molar-refractivity contribution is 5.95. The molecule has 0 bridgehead atoms. The van der Waals surface area contributed by atoms with E-state index in [1.807, 2.05) is 7.05 Å². The van der Waals surface area contributed by atoms with Gasteiger partial charge < -0.3 is 19.7 Å². The van der Waals surface area contributed by atoms with Crippen molar-refractivity contribution in [3.8, 4) is 11.9 Å². The third kappa shape index (κ3) is 3.49. The molecule has 4 aliphatic rings. The van der Waals surface area contributed by atoms with E-state index in [4.69, 9.17) is 14.5 Å². The first-order valence-electron chi connectivity index (χ1n) is 12.0. The number of rotatable bonds is 6. The number of pyridine rings is 1. The number of fused-ring (bicyclic) bond motifs is 1. The minimum Gasteiger partial charge on any atom is -0.477 e. The van der Waals surface area contributed by atoms with Gasteiger partial charge in [0.2, 0.25) is 5.88 Å². The van der Waals surface area contributed by atoms with E-state index in [1.54, 1.807) is 0 Å². The number of hydrogen-bond acceptors (Lipinski definition) is 8. The SMILES string of the molecule is CNCCN1c2nc(OC[C@@]34CCCN3C[C@H](F)C4)nc3c(F)cnc(c23)OCCC12CC2. The summed E-state index contributed by atoms with van der Waals surface area (Å²) in [6.45, 7) is 3.64. The lowest BCUT2D eigenvalue weighted by Crippen LogP contribution is -2.44. The quantitative estimate of drug-likeness (QED) is 0.705. The Morgan fingerprint density at radius 3 is 2.97 bits per heavy atom. The van der Waals surface area contributed by atoms with Crippen LogP contribution >= 0.6 is 0 Å². The molecule has 178 valence electrons. The Bertz CT molecular complexity index is 1070. The second kappa shape index (κ2) is 7.87. The summed E-state index contributed by atoms with van der Waals surface area (Å²) < 4.78 is 41.2. The molecule has 1 spiro atoms. The molecule has 2 atom stereocenters. The van der Waals surface area contributed by atoms with E-state index in [9.17, 15) is 8.78 Å². The molecule has 3 fully saturated rings. The van der Waals surface area contributed by atoms with E-state index >= 15 is 0 Å². The van der Waals surface area contributed by atoms with Crippen molar-refractivity contribution in [3.63, 3.8) is 0 Å². The lowest BCUT2D eigenvalue weighted by Gasteiger charge is -2.36. The highest BCUT2D eigenvalue weighted by Crippen LogP contribution is 2.50. The number of nitrogens with zero attached hydrogens (tertiary/aromatic N) is 5. The van der Waals surface area contributed by atoms with Crippen LogP contribution in [0.2, 0.25) is 0 Å². The van der Waals surface area contributed by atoms with E-state index in [0.29, 0.717) is 43.3 Å². The Balaban J connectivity index is 1.41. The van der Waals surface area contributed by atoms with Crippen LogP contribution < -0.4 is 19.7 Å². The number of ether oxygens (including phenoxy) is 2. The zero-order valence-corrected chi connectivity index (χ0v) is 18.9. The van der Waals surface area contributed by atoms with Crippen LogP contribution in [0.4, 0.5) is 14.6 Å². The summed E-state index contributed by atoms with van der Waals surface area (Å²) in [4.78, 5) is 17.9. The van der Waals surface area contributed by atoms with Gasteiger partial charge in [0.15, 0.2) is 5.82 Å². The Labute approximate surface area is 191 Å². The average molecular weight is 461 g/mol. The number of hydrogen-bond donors (Lipinski definition) is 1. The second-order valence-corrected chi connectivity index (χ2v) is 9.91. The van der Waals surface area contributed by atoms with Crippen LogP contribution in [-0.4, -0.2) is 83.5 Å². The van der Waals surface area contributed by atoms with E-state index in [2.05, 4.69) is 25.1 Å². The number of aromatic nitrogens is 3. The largest absolute Gasteiger partial charge is 0.477 e. The maximum atomic E-state index is 15.0. The monoisotopic (exact) mass is 460 g/mol. The van der Waals surface area contributed by atoms with Crippen LogP contribution in [0, 0.1) is 5.82 Å². The van der Waals surface area contributed by atoms with Crippen LogP contribution in [0.25, 0.3) is 10.9 Å². The molecule has 5 heterocycles. The molecule has 2 aromatic heterocycles. The fourth-order valence-corrected chi connectivity index (χ4v) is 5.98. The molecular formula is C23H30F2N6O2. The summed E-state index contributed by atoms with van der Waals surface area (Å²) in [6, 6.07) is 0.128. The fourth-order valence-electron chi connectivity index (χ4n) is 5.98. The second-order valence-electron chi connectivity index (χ2n) is 9.91. The van der Waals surface area contributed by atoms with E-state index in [1.165, 1.54) is 0 Å². The van der Waals surface area contributed by atoms with Crippen molar-refractivity contribution >= 4 is 16.7 Å². The molecule has 0 aromatic carbocycles. The number of anilines is 1. The number of halogens is 2. The van der Waals surface area contributed by atoms with Gasteiger partial charge in [-0.2, -0.15) is 9.97 Å². The summed E-state index contributed by atoms with van der Waals surface area (Å²) in [5.41, 5.74) is -0.215. The van der Waals surface area contributed by atoms with Gasteiger partial charge in [0.05, 0.1) is 18.3 Å². The molecule has 10 heteroatoms. The van der Waals surface area contributed by atoms with Crippen molar-refractivity contribution in [1.29, 1.82) is 0 Å². The zero-order valence-electron chi connectivity index (χ0n) is 18.9. The number of nitrogens with one attached hydrogen (secondary N) is 1. The van der Waals surface area contributed by atoms with Crippen molar-refractivity contribution in [3.05, 3.63) is 12.0 Å². The highest BCUT2D eigenvalue weighted by atomic mass is 19.1. The number of likely N-dealkylation sites (N-methyl/N-ethyl adjacent to an activating group) is 1. The van der Waals surface area contributed by atoms with Gasteiger partial charge in [-0.1, -0.05) is 0 Å². The van der Waals surface area contributed by atoms with Gasteiger partial charge in [0.25, 0.3) is 0 Å². The molecule has 1 saturated carbocycles. The Morgan fingerprint density at radius 1 is 1.27 bits per heavy atom. The van der Waals surface area contributed by atoms with Crippen molar-refractivity contribution in [2.24, 2.45) is 0 Å². The predicted molar refractivity (Wildman–Crippen MR) is 119 cm³/mol. The van der Waals surface area contributed by atoms with Gasteiger partial charge in [-0.15, -0.1) is 0 Å². The first-order valence-corrected chi connectivity index (χ1v) is 12.0. The molecule has 0 radical (unpaired) electrons. The van der Waals surface area contributed by atoms with Crippen molar-refractivity contribution in [1.82, 2.24) is 25.2 Å². The fraction of sp³-hybridized carbons (Fsp3) is 0.696. The Kier molecular flexibility index (Phi) is 5.06. The van der Waals surface area contributed by atoms with Gasteiger partial charge in [0, 0.05) is 38.0 Å². The molecule has 3 aliphatic heterocycles. The number of alkyl halides is 1. The van der Waals surface area contributed by atoms with Gasteiger partial charge >= 0.3 is 6.01 Å². The molecule has 0 unspecified atom stereocenters. The summed E-state index contributed by atoms with van der Waals surface area (Å²) in [7, 11) is 1.92. The maximum absolute atomic E-state index is 15.0. The minimum absolute atomic E-state index is 0.0484. The maximum Gasteiger partial charge on any atom is 0.319 e. The topological polar surface area (TPSA) is 75.6 Å². The molecule has 1 aliphatic carbocycles. The van der Waals surface area contributed by atoms with E-state index in [-0.39, 0.29) is 22.6 Å². The van der Waals surface area contributed by atoms with Crippen molar-refractivity contribution in [2.75, 3.05) is 51.3 Å². The van der Waals surface area contributed by atoms with Crippen LogP contribution in [0.5, 0.6) is 11.9 Å². The molecule has 6 rings (SSSR count). The molecule has 2 saturated heterocycles. The summed E-state index contributed by atoms with van der Waals surface area (Å²) in [5.74, 6) is 0.435. The highest BCUT2D eigenvalue weighted by Gasteiger charge is 2.51. The van der Waals surface area contributed by atoms with Gasteiger partial charge in [-0.25, -0.2) is 13.8 Å². The summed E-state index contributed by atoms with van der Waals surface area (Å²) in [5, 5.41) is 3.71. The van der Waals surface area contributed by atoms with Gasteiger partial charge in [-0.05, 0) is 39.3 Å². The third-order valence-corrected chi connectivity index (χ3v) is 7.88. The van der Waals surface area contributed by atoms with Gasteiger partial charge in [0.1, 0.15) is 29.5 Å². The van der Waals surface area contributed by atoms with Gasteiger partial charge in [-0.3, -0.25) is 4.90 Å². The van der Waals surface area contributed by atoms with Crippen molar-refractivity contribution in [2.45, 2.75) is 55.8 Å². The Morgan fingerprint density at radius 2 is 2.15 bits per heavy atom. The average Bonchev–Trinajstić information content (AvgIpc) is 3.37. The summed E-state index contributed by atoms with van der Waals surface area (Å²) >= 11 is 0. The summed E-state index contributed by atoms with van der Waals surface area (Å²) in [6.07, 6.45) is 5.62. The van der Waals surface area contributed by atoms with Crippen LogP contribution in [0.15, 0.2) is 6.20 Å². The zero-order chi connectivity index (χ0) is 22.6. The lowest BCUT2D eigenvalue weighted by atomic mass is 9.95. The molecule has 0 amide bonds. The van der Waals surface area contributed by atoms with Crippen molar-refractivity contribution < 1.29 is 18.3 Å². The molecule has 2 aromatic rings.